The molecule has 1 heterocycles. The molecule has 1 aliphatic heterocycles. The second kappa shape index (κ2) is 15.6. The van der Waals surface area contributed by atoms with Crippen LogP contribution >= 0.6 is 0 Å². The maximum atomic E-state index is 14.2. The number of hydrogen-bond acceptors (Lipinski definition) is 8. The molecule has 3 atom stereocenters. The molecule has 268 valence electrons. The van der Waals surface area contributed by atoms with Crippen molar-refractivity contribution in [3.05, 3.63) is 119 Å². The lowest BCUT2D eigenvalue weighted by molar-refractivity contribution is -0.158. The Morgan fingerprint density at radius 2 is 1.61 bits per heavy atom. The van der Waals surface area contributed by atoms with E-state index in [1.807, 2.05) is 106 Å². The van der Waals surface area contributed by atoms with Gasteiger partial charge in [0.15, 0.2) is 0 Å². The van der Waals surface area contributed by atoms with Crippen molar-refractivity contribution < 1.29 is 27.5 Å². The molecule has 2 unspecified atom stereocenters. The molecule has 4 N–H and O–H groups in total. The number of allylic oxidation sites excluding steroid dienone is 2. The molecule has 0 fully saturated rings. The number of hydrogen-bond donors (Lipinski definition) is 3. The molecule has 2 aliphatic rings. The van der Waals surface area contributed by atoms with Crippen LogP contribution in [0, 0.1) is 5.41 Å². The minimum atomic E-state index is -2.40. The van der Waals surface area contributed by atoms with Gasteiger partial charge in [0.05, 0.1) is 28.9 Å². The summed E-state index contributed by atoms with van der Waals surface area (Å²) >= 11 is 0. The summed E-state index contributed by atoms with van der Waals surface area (Å²) in [7, 11) is -2.40. The SMILES string of the molecule is CC(C)(C)NC1C(c2ccc(CN3C(=O)[C@H](NC(=O)C(N)C(C)(C)C(=O)OCc4ccccc4)CCc4ccccc43)cc2)=CC=CC1=S(=O)=O. The molecule has 10 nitrogen and oxygen atoms in total. The molecule has 2 amide bonds. The van der Waals surface area contributed by atoms with Crippen LogP contribution in [0.1, 0.15) is 63.3 Å². The minimum Gasteiger partial charge on any atom is -0.460 e. The van der Waals surface area contributed by atoms with Gasteiger partial charge in [0.25, 0.3) is 0 Å². The zero-order valence-electron chi connectivity index (χ0n) is 29.7. The summed E-state index contributed by atoms with van der Waals surface area (Å²) in [6, 6.07) is 21.9. The quantitative estimate of drug-likeness (QED) is 0.206. The fraction of sp³-hybridized carbons (Fsp3) is 0.350. The lowest BCUT2D eigenvalue weighted by Gasteiger charge is -2.31. The van der Waals surface area contributed by atoms with Crippen molar-refractivity contribution in [3.8, 4) is 0 Å². The van der Waals surface area contributed by atoms with Gasteiger partial charge in [0.1, 0.15) is 12.6 Å². The van der Waals surface area contributed by atoms with Gasteiger partial charge in [-0.15, -0.1) is 0 Å². The number of carbonyl (C=O) groups excluding carboxylic acids is 3. The van der Waals surface area contributed by atoms with Crippen molar-refractivity contribution in [1.29, 1.82) is 0 Å². The number of nitrogens with two attached hydrogens (primary N) is 1. The molecule has 3 aromatic carbocycles. The first-order valence-electron chi connectivity index (χ1n) is 17.0. The number of carbonyl (C=O) groups is 3. The second-order valence-corrected chi connectivity index (χ2v) is 15.5. The minimum absolute atomic E-state index is 0.0519. The fourth-order valence-corrected chi connectivity index (χ4v) is 6.78. The van der Waals surface area contributed by atoms with Gasteiger partial charge in [-0.25, -0.2) is 0 Å². The van der Waals surface area contributed by atoms with Gasteiger partial charge in [-0.1, -0.05) is 84.9 Å². The van der Waals surface area contributed by atoms with Crippen molar-refractivity contribution in [2.75, 3.05) is 4.90 Å². The number of amides is 2. The molecule has 0 radical (unpaired) electrons. The molecule has 51 heavy (non-hydrogen) atoms. The summed E-state index contributed by atoms with van der Waals surface area (Å²) in [6.07, 6.45) is 6.15. The summed E-state index contributed by atoms with van der Waals surface area (Å²) in [5.74, 6) is -1.52. The number of aryl methyl sites for hydroxylation is 1. The third-order valence-corrected chi connectivity index (χ3v) is 9.95. The van der Waals surface area contributed by atoms with Gasteiger partial charge in [-0.05, 0) is 87.4 Å². The average Bonchev–Trinajstić information content (AvgIpc) is 3.22. The zero-order chi connectivity index (χ0) is 36.9. The molecule has 0 bridgehead atoms. The van der Waals surface area contributed by atoms with Crippen molar-refractivity contribution in [1.82, 2.24) is 10.6 Å². The summed E-state index contributed by atoms with van der Waals surface area (Å²) in [6.45, 7) is 9.36. The number of nitrogens with one attached hydrogen (secondary N) is 2. The van der Waals surface area contributed by atoms with Crippen molar-refractivity contribution in [3.63, 3.8) is 0 Å². The van der Waals surface area contributed by atoms with Gasteiger partial charge in [0.2, 0.25) is 22.1 Å². The molecule has 0 saturated heterocycles. The number of para-hydroxylation sites is 1. The lowest BCUT2D eigenvalue weighted by atomic mass is 9.84. The number of fused-ring (bicyclic) bond motifs is 1. The molecule has 1 aliphatic carbocycles. The maximum Gasteiger partial charge on any atom is 0.313 e. The monoisotopic (exact) mass is 710 g/mol. The van der Waals surface area contributed by atoms with Gasteiger partial charge in [-0.2, -0.15) is 8.42 Å². The van der Waals surface area contributed by atoms with E-state index in [-0.39, 0.29) is 29.5 Å². The Labute approximate surface area is 301 Å². The van der Waals surface area contributed by atoms with Crippen LogP contribution in [-0.2, 0) is 49.0 Å². The topological polar surface area (TPSA) is 148 Å². The Morgan fingerprint density at radius 1 is 0.941 bits per heavy atom. The third-order valence-electron chi connectivity index (χ3n) is 9.19. The molecule has 11 heteroatoms. The van der Waals surface area contributed by atoms with Crippen LogP contribution in [0.5, 0.6) is 0 Å². The Bertz CT molecular complexity index is 1970. The summed E-state index contributed by atoms with van der Waals surface area (Å²) in [4.78, 5) is 42.7. The number of rotatable bonds is 10. The van der Waals surface area contributed by atoms with Crippen LogP contribution in [-0.4, -0.2) is 54.7 Å². The highest BCUT2D eigenvalue weighted by Crippen LogP contribution is 2.31. The number of esters is 1. The molecule has 0 spiro atoms. The zero-order valence-corrected chi connectivity index (χ0v) is 30.5. The normalized spacial score (nSPS) is 18.3. The highest BCUT2D eigenvalue weighted by Gasteiger charge is 2.42. The Balaban J connectivity index is 1.33. The van der Waals surface area contributed by atoms with Crippen molar-refractivity contribution in [2.45, 2.75) is 84.3 Å². The molecule has 0 saturated carbocycles. The van der Waals surface area contributed by atoms with Crippen LogP contribution < -0.4 is 21.3 Å². The van der Waals surface area contributed by atoms with Crippen LogP contribution in [0.4, 0.5) is 5.69 Å². The van der Waals surface area contributed by atoms with Gasteiger partial charge >= 0.3 is 5.97 Å². The highest BCUT2D eigenvalue weighted by molar-refractivity contribution is 7.73. The number of benzene rings is 3. The van der Waals surface area contributed by atoms with Crippen molar-refractivity contribution in [2.24, 2.45) is 11.1 Å². The van der Waals surface area contributed by atoms with Crippen LogP contribution in [0.2, 0.25) is 0 Å². The highest BCUT2D eigenvalue weighted by atomic mass is 32.2. The van der Waals surface area contributed by atoms with E-state index in [0.717, 1.165) is 33.5 Å². The molecule has 3 aromatic rings. The number of anilines is 1. The van der Waals surface area contributed by atoms with E-state index in [2.05, 4.69) is 10.6 Å². The largest absolute Gasteiger partial charge is 0.460 e. The first-order chi connectivity index (χ1) is 24.2. The fourth-order valence-electron chi connectivity index (χ4n) is 6.21. The van der Waals surface area contributed by atoms with Crippen LogP contribution in [0.25, 0.3) is 5.57 Å². The van der Waals surface area contributed by atoms with Gasteiger partial charge in [-0.3, -0.25) is 14.4 Å². The smallest absolute Gasteiger partial charge is 0.313 e. The van der Waals surface area contributed by atoms with E-state index < -0.39 is 45.7 Å². The molecule has 0 aromatic heterocycles. The van der Waals surface area contributed by atoms with E-state index in [4.69, 9.17) is 10.5 Å². The predicted octanol–water partition coefficient (Wildman–Crippen LogP) is 4.51. The second-order valence-electron chi connectivity index (χ2n) is 14.6. The van der Waals surface area contributed by atoms with Crippen molar-refractivity contribution >= 4 is 44.2 Å². The van der Waals surface area contributed by atoms with Crippen LogP contribution in [0.15, 0.2) is 97.1 Å². The summed E-state index contributed by atoms with van der Waals surface area (Å²) in [5.41, 5.74) is 9.71. The maximum absolute atomic E-state index is 14.2. The standard InChI is InChI=1S/C40H46N4O6S/c1-39(2,3)43-34-30(15-11-17-33(34)51(48)49)28-20-18-26(19-21-28)24-44-32-16-10-9-14-29(32)22-23-31(37(44)46)42-36(45)35(41)40(4,5)38(47)50-25-27-12-7-6-8-13-27/h6-21,31,34-35,43H,22-25,41H2,1-5H3,(H,42,45)/t31-,34?,35?/m1/s1. The number of ether oxygens (including phenoxy) is 1. The Hall–Kier alpha value is -4.84. The number of nitrogens with zero attached hydrogens (tertiary/aromatic N) is 1. The molecular weight excluding hydrogens is 665 g/mol. The van der Waals surface area contributed by atoms with E-state index in [0.29, 0.717) is 12.8 Å². The lowest BCUT2D eigenvalue weighted by Crippen LogP contribution is -2.57. The summed E-state index contributed by atoms with van der Waals surface area (Å²) < 4.78 is 29.7. The van der Waals surface area contributed by atoms with E-state index >= 15 is 0 Å². The Morgan fingerprint density at radius 3 is 2.27 bits per heavy atom. The molecule has 5 rings (SSSR count). The first-order valence-corrected chi connectivity index (χ1v) is 18.1. The molecular formula is C40H46N4O6S. The predicted molar refractivity (Wildman–Crippen MR) is 200 cm³/mol. The van der Waals surface area contributed by atoms with Gasteiger partial charge in [0, 0.05) is 11.2 Å². The van der Waals surface area contributed by atoms with Gasteiger partial charge < -0.3 is 26.0 Å². The summed E-state index contributed by atoms with van der Waals surface area (Å²) in [5, 5.41) is 6.27. The van der Waals surface area contributed by atoms with E-state index in [1.165, 1.54) is 0 Å². The average molecular weight is 711 g/mol. The van der Waals surface area contributed by atoms with E-state index in [1.54, 1.807) is 30.9 Å². The third kappa shape index (κ3) is 8.91. The first kappa shape index (κ1) is 37.4. The van der Waals surface area contributed by atoms with Crippen LogP contribution in [0.3, 0.4) is 0 Å². The van der Waals surface area contributed by atoms with E-state index in [9.17, 15) is 22.8 Å². The Kier molecular flexibility index (Phi) is 11.4.